The molecule has 3 rings (SSSR count). The molecule has 1 atom stereocenters. The van der Waals surface area contributed by atoms with E-state index in [1.807, 2.05) is 38.1 Å². The summed E-state index contributed by atoms with van der Waals surface area (Å²) in [5, 5.41) is 2.94. The van der Waals surface area contributed by atoms with E-state index in [-0.39, 0.29) is 23.3 Å². The van der Waals surface area contributed by atoms with Crippen LogP contribution < -0.4 is 10.1 Å². The molecule has 28 heavy (non-hydrogen) atoms. The van der Waals surface area contributed by atoms with Crippen molar-refractivity contribution in [2.45, 2.75) is 31.6 Å². The van der Waals surface area contributed by atoms with Gasteiger partial charge in [-0.1, -0.05) is 18.2 Å². The standard InChI is InChI=1S/C21H26N2O4S/c1-15-7-4-5-9-19(15)22-21(24)17-8-6-12-23(14-17)28(25,26)18-10-11-20(27-3)16(2)13-18/h4-5,7,9-11,13,17H,6,8,12,14H2,1-3H3,(H,22,24)/t17-/m0/s1. The number of benzene rings is 2. The Bertz CT molecular complexity index is 972. The summed E-state index contributed by atoms with van der Waals surface area (Å²) in [5.41, 5.74) is 2.50. The molecule has 1 heterocycles. The fraction of sp³-hybridized carbons (Fsp3) is 0.381. The van der Waals surface area contributed by atoms with Crippen molar-refractivity contribution in [1.82, 2.24) is 4.31 Å². The number of ether oxygens (including phenoxy) is 1. The predicted octanol–water partition coefficient (Wildman–Crippen LogP) is 3.35. The Kier molecular flexibility index (Phi) is 6.05. The number of rotatable bonds is 5. The SMILES string of the molecule is COc1ccc(S(=O)(=O)N2CCC[C@H](C(=O)Nc3ccccc3C)C2)cc1C. The predicted molar refractivity (Wildman–Crippen MR) is 109 cm³/mol. The number of nitrogens with zero attached hydrogens (tertiary/aromatic N) is 1. The van der Waals surface area contributed by atoms with Crippen LogP contribution in [-0.2, 0) is 14.8 Å². The minimum absolute atomic E-state index is 0.139. The Labute approximate surface area is 166 Å². The third kappa shape index (κ3) is 4.20. The van der Waals surface area contributed by atoms with Crippen LogP contribution in [0, 0.1) is 19.8 Å². The van der Waals surface area contributed by atoms with E-state index in [1.165, 1.54) is 4.31 Å². The molecule has 2 aromatic carbocycles. The number of hydrogen-bond donors (Lipinski definition) is 1. The fourth-order valence-electron chi connectivity index (χ4n) is 3.48. The van der Waals surface area contributed by atoms with E-state index in [2.05, 4.69) is 5.32 Å². The fourth-order valence-corrected chi connectivity index (χ4v) is 5.09. The summed E-state index contributed by atoms with van der Waals surface area (Å²) in [6.07, 6.45) is 1.33. The summed E-state index contributed by atoms with van der Waals surface area (Å²) in [7, 11) is -2.10. The molecule has 0 aromatic heterocycles. The number of carbonyl (C=O) groups excluding carboxylic acids is 1. The number of hydrogen-bond acceptors (Lipinski definition) is 4. The minimum atomic E-state index is -3.66. The second-order valence-electron chi connectivity index (χ2n) is 7.14. The lowest BCUT2D eigenvalue weighted by Gasteiger charge is -2.31. The smallest absolute Gasteiger partial charge is 0.243 e. The normalized spacial score (nSPS) is 17.9. The van der Waals surface area contributed by atoms with Gasteiger partial charge in [-0.15, -0.1) is 0 Å². The van der Waals surface area contributed by atoms with Gasteiger partial charge in [0.15, 0.2) is 0 Å². The van der Waals surface area contributed by atoms with Crippen LogP contribution in [0.25, 0.3) is 0 Å². The first-order valence-corrected chi connectivity index (χ1v) is 10.8. The Morgan fingerprint density at radius 2 is 1.89 bits per heavy atom. The molecule has 0 saturated carbocycles. The number of sulfonamides is 1. The van der Waals surface area contributed by atoms with Gasteiger partial charge in [-0.05, 0) is 62.1 Å². The molecule has 1 fully saturated rings. The number of amides is 1. The number of piperidine rings is 1. The van der Waals surface area contributed by atoms with Crippen molar-refractivity contribution in [1.29, 1.82) is 0 Å². The molecule has 0 spiro atoms. The summed E-state index contributed by atoms with van der Waals surface area (Å²) in [4.78, 5) is 12.9. The maximum Gasteiger partial charge on any atom is 0.243 e. The zero-order valence-electron chi connectivity index (χ0n) is 16.4. The molecular formula is C21H26N2O4S. The highest BCUT2D eigenvalue weighted by Crippen LogP contribution is 2.28. The van der Waals surface area contributed by atoms with E-state index >= 15 is 0 Å². The maximum atomic E-state index is 13.1. The molecule has 0 unspecified atom stereocenters. The van der Waals surface area contributed by atoms with Gasteiger partial charge in [-0.3, -0.25) is 4.79 Å². The van der Waals surface area contributed by atoms with Gasteiger partial charge in [-0.25, -0.2) is 8.42 Å². The molecule has 1 aliphatic rings. The van der Waals surface area contributed by atoms with Crippen molar-refractivity contribution >= 4 is 21.6 Å². The van der Waals surface area contributed by atoms with Gasteiger partial charge in [0, 0.05) is 18.8 Å². The van der Waals surface area contributed by atoms with Crippen LogP contribution in [-0.4, -0.2) is 38.8 Å². The molecule has 0 aliphatic carbocycles. The van der Waals surface area contributed by atoms with Gasteiger partial charge in [0.1, 0.15) is 5.75 Å². The number of para-hydroxylation sites is 1. The van der Waals surface area contributed by atoms with Gasteiger partial charge < -0.3 is 10.1 Å². The summed E-state index contributed by atoms with van der Waals surface area (Å²) < 4.78 is 32.8. The van der Waals surface area contributed by atoms with E-state index in [4.69, 9.17) is 4.74 Å². The minimum Gasteiger partial charge on any atom is -0.496 e. The van der Waals surface area contributed by atoms with E-state index in [0.29, 0.717) is 25.1 Å². The summed E-state index contributed by atoms with van der Waals surface area (Å²) in [6, 6.07) is 12.4. The molecular weight excluding hydrogens is 376 g/mol. The number of methoxy groups -OCH3 is 1. The Morgan fingerprint density at radius 1 is 1.14 bits per heavy atom. The zero-order valence-corrected chi connectivity index (χ0v) is 17.3. The lowest BCUT2D eigenvalue weighted by atomic mass is 9.98. The molecule has 1 aliphatic heterocycles. The molecule has 0 radical (unpaired) electrons. The summed E-state index contributed by atoms with van der Waals surface area (Å²) in [5.74, 6) is 0.135. The van der Waals surface area contributed by atoms with Crippen molar-refractivity contribution in [2.75, 3.05) is 25.5 Å². The second kappa shape index (κ2) is 8.32. The lowest BCUT2D eigenvalue weighted by molar-refractivity contribution is -0.120. The highest BCUT2D eigenvalue weighted by molar-refractivity contribution is 7.89. The van der Waals surface area contributed by atoms with Crippen molar-refractivity contribution in [2.24, 2.45) is 5.92 Å². The summed E-state index contributed by atoms with van der Waals surface area (Å²) >= 11 is 0. The largest absolute Gasteiger partial charge is 0.496 e. The second-order valence-corrected chi connectivity index (χ2v) is 9.08. The Morgan fingerprint density at radius 3 is 2.57 bits per heavy atom. The number of carbonyl (C=O) groups is 1. The summed E-state index contributed by atoms with van der Waals surface area (Å²) in [6.45, 7) is 4.35. The average Bonchev–Trinajstić information content (AvgIpc) is 2.69. The molecule has 2 aromatic rings. The first-order chi connectivity index (χ1) is 13.3. The monoisotopic (exact) mass is 402 g/mol. The van der Waals surface area contributed by atoms with Crippen LogP contribution in [0.4, 0.5) is 5.69 Å². The molecule has 1 N–H and O–H groups in total. The molecule has 6 nitrogen and oxygen atoms in total. The van der Waals surface area contributed by atoms with E-state index in [9.17, 15) is 13.2 Å². The van der Waals surface area contributed by atoms with Gasteiger partial charge >= 0.3 is 0 Å². The van der Waals surface area contributed by atoms with Gasteiger partial charge in [0.25, 0.3) is 0 Å². The van der Waals surface area contributed by atoms with E-state index < -0.39 is 10.0 Å². The Hall–Kier alpha value is -2.38. The first-order valence-electron chi connectivity index (χ1n) is 9.34. The van der Waals surface area contributed by atoms with Crippen molar-refractivity contribution in [3.8, 4) is 5.75 Å². The van der Waals surface area contributed by atoms with Gasteiger partial charge in [0.2, 0.25) is 15.9 Å². The van der Waals surface area contributed by atoms with Crippen LogP contribution in [0.5, 0.6) is 5.75 Å². The van der Waals surface area contributed by atoms with Crippen LogP contribution in [0.2, 0.25) is 0 Å². The molecule has 1 amide bonds. The van der Waals surface area contributed by atoms with Crippen molar-refractivity contribution < 1.29 is 17.9 Å². The van der Waals surface area contributed by atoms with Gasteiger partial charge in [-0.2, -0.15) is 4.31 Å². The van der Waals surface area contributed by atoms with Crippen LogP contribution >= 0.6 is 0 Å². The maximum absolute atomic E-state index is 13.1. The van der Waals surface area contributed by atoms with Crippen molar-refractivity contribution in [3.05, 3.63) is 53.6 Å². The molecule has 150 valence electrons. The highest BCUT2D eigenvalue weighted by atomic mass is 32.2. The first kappa shape index (κ1) is 20.4. The quantitative estimate of drug-likeness (QED) is 0.832. The van der Waals surface area contributed by atoms with E-state index in [0.717, 1.165) is 16.8 Å². The number of anilines is 1. The van der Waals surface area contributed by atoms with E-state index in [1.54, 1.807) is 25.3 Å². The van der Waals surface area contributed by atoms with Crippen LogP contribution in [0.15, 0.2) is 47.4 Å². The third-order valence-corrected chi connectivity index (χ3v) is 7.02. The molecule has 1 saturated heterocycles. The third-order valence-electron chi connectivity index (χ3n) is 5.16. The number of aryl methyl sites for hydroxylation is 2. The van der Waals surface area contributed by atoms with Gasteiger partial charge in [0.05, 0.1) is 17.9 Å². The molecule has 0 bridgehead atoms. The van der Waals surface area contributed by atoms with Crippen LogP contribution in [0.1, 0.15) is 24.0 Å². The number of nitrogens with one attached hydrogen (secondary N) is 1. The zero-order chi connectivity index (χ0) is 20.3. The van der Waals surface area contributed by atoms with Crippen molar-refractivity contribution in [3.63, 3.8) is 0 Å². The lowest BCUT2D eigenvalue weighted by Crippen LogP contribution is -2.43. The highest BCUT2D eigenvalue weighted by Gasteiger charge is 2.33. The topological polar surface area (TPSA) is 75.7 Å². The Balaban J connectivity index is 1.76. The molecule has 7 heteroatoms. The van der Waals surface area contributed by atoms with Crippen LogP contribution in [0.3, 0.4) is 0 Å². The average molecular weight is 403 g/mol.